The van der Waals surface area contributed by atoms with Crippen LogP contribution in [0.2, 0.25) is 0 Å². The number of nitrogens with two attached hydrogens (primary N) is 3. The number of carbonyl (C=O) groups excluding carboxylic acids is 2. The van der Waals surface area contributed by atoms with Gasteiger partial charge in [0.15, 0.2) is 0 Å². The van der Waals surface area contributed by atoms with E-state index in [1.807, 2.05) is 0 Å². The molecule has 0 fully saturated rings. The molecule has 70 valence electrons. The van der Waals surface area contributed by atoms with E-state index in [1.54, 1.807) is 0 Å². The average Bonchev–Trinajstić information content (AvgIpc) is 2.11. The Morgan fingerprint density at radius 2 is 1.83 bits per heavy atom. The highest BCUT2D eigenvalue weighted by atomic mass is 16.7. The van der Waals surface area contributed by atoms with Crippen LogP contribution in [0, 0.1) is 0 Å². The van der Waals surface area contributed by atoms with E-state index in [9.17, 15) is 9.59 Å². The van der Waals surface area contributed by atoms with Gasteiger partial charge in [-0.2, -0.15) is 11.8 Å². The Labute approximate surface area is 68.7 Å². The Kier molecular flexibility index (Phi) is 4.93. The predicted molar refractivity (Wildman–Crippen MR) is 37.8 cm³/mol. The third-order valence-corrected chi connectivity index (χ3v) is 1.21. The zero-order chi connectivity index (χ0) is 9.56. The molecule has 1 unspecified atom stereocenters. The van der Waals surface area contributed by atoms with Gasteiger partial charge in [-0.25, -0.2) is 4.79 Å². The summed E-state index contributed by atoms with van der Waals surface area (Å²) < 4.78 is 0. The van der Waals surface area contributed by atoms with Crippen molar-refractivity contribution in [1.82, 2.24) is 0 Å². The third-order valence-electron chi connectivity index (χ3n) is 1.21. The van der Waals surface area contributed by atoms with E-state index in [2.05, 4.69) is 21.5 Å². The molecule has 0 saturated heterocycles. The summed E-state index contributed by atoms with van der Waals surface area (Å²) in [4.78, 5) is 28.7. The van der Waals surface area contributed by atoms with Gasteiger partial charge in [0.25, 0.3) is 0 Å². The van der Waals surface area contributed by atoms with Crippen LogP contribution in [-0.2, 0) is 19.3 Å². The molecule has 0 saturated carbocycles. The predicted octanol–water partition coefficient (Wildman–Crippen LogP) is -2.07. The minimum absolute atomic E-state index is 0.0488. The van der Waals surface area contributed by atoms with Crippen LogP contribution in [0.4, 0.5) is 0 Å². The minimum Gasteiger partial charge on any atom is -0.373 e. The monoisotopic (exact) mass is 177 g/mol. The van der Waals surface area contributed by atoms with Crippen LogP contribution in [0.25, 0.3) is 0 Å². The van der Waals surface area contributed by atoms with Crippen molar-refractivity contribution in [2.45, 2.75) is 18.9 Å². The van der Waals surface area contributed by atoms with E-state index in [4.69, 9.17) is 5.73 Å². The maximum Gasteiger partial charge on any atom is 0.341 e. The first-order valence-electron chi connectivity index (χ1n) is 3.17. The standard InChI is InChI=1S/C5H11N3O4/c6-3(5(10)12-8)1-2-4(9)11-7/h3H,1-2,6-8H2. The zero-order valence-corrected chi connectivity index (χ0v) is 6.36. The second kappa shape index (κ2) is 5.47. The van der Waals surface area contributed by atoms with Crippen LogP contribution in [0.15, 0.2) is 0 Å². The van der Waals surface area contributed by atoms with Crippen LogP contribution in [0.1, 0.15) is 12.8 Å². The van der Waals surface area contributed by atoms with E-state index in [1.165, 1.54) is 0 Å². The highest BCUT2D eigenvalue weighted by Gasteiger charge is 2.15. The maximum absolute atomic E-state index is 10.6. The van der Waals surface area contributed by atoms with Crippen molar-refractivity contribution in [3.63, 3.8) is 0 Å². The first-order chi connectivity index (χ1) is 5.61. The summed E-state index contributed by atoms with van der Waals surface area (Å²) in [5.41, 5.74) is 5.23. The van der Waals surface area contributed by atoms with Gasteiger partial charge in [-0.1, -0.05) is 0 Å². The summed E-state index contributed by atoms with van der Waals surface area (Å²) in [6.07, 6.45) is 0.0405. The first kappa shape index (κ1) is 10.8. The quantitative estimate of drug-likeness (QED) is 0.420. The van der Waals surface area contributed by atoms with Crippen molar-refractivity contribution in [1.29, 1.82) is 0 Å². The van der Waals surface area contributed by atoms with Crippen molar-refractivity contribution in [3.8, 4) is 0 Å². The van der Waals surface area contributed by atoms with E-state index < -0.39 is 18.0 Å². The molecule has 0 rings (SSSR count). The molecule has 6 N–H and O–H groups in total. The third kappa shape index (κ3) is 3.86. The minimum atomic E-state index is -0.922. The van der Waals surface area contributed by atoms with Gasteiger partial charge in [0.05, 0.1) is 0 Å². The van der Waals surface area contributed by atoms with Crippen molar-refractivity contribution in [3.05, 3.63) is 0 Å². The van der Waals surface area contributed by atoms with E-state index >= 15 is 0 Å². The SMILES string of the molecule is NOC(=O)CCC(N)C(=O)ON. The summed E-state index contributed by atoms with van der Waals surface area (Å²) in [7, 11) is 0. The molecule has 0 heterocycles. The lowest BCUT2D eigenvalue weighted by Crippen LogP contribution is -2.34. The smallest absolute Gasteiger partial charge is 0.341 e. The van der Waals surface area contributed by atoms with Gasteiger partial charge in [-0.15, -0.1) is 0 Å². The number of hydrogen-bond acceptors (Lipinski definition) is 7. The molecule has 0 aliphatic heterocycles. The highest BCUT2D eigenvalue weighted by molar-refractivity contribution is 5.76. The number of rotatable bonds is 4. The van der Waals surface area contributed by atoms with E-state index in [-0.39, 0.29) is 12.8 Å². The van der Waals surface area contributed by atoms with Crippen molar-refractivity contribution < 1.29 is 19.3 Å². The molecule has 12 heavy (non-hydrogen) atoms. The van der Waals surface area contributed by atoms with Crippen LogP contribution < -0.4 is 17.5 Å². The molecule has 0 bridgehead atoms. The van der Waals surface area contributed by atoms with Gasteiger partial charge < -0.3 is 15.4 Å². The van der Waals surface area contributed by atoms with Crippen LogP contribution in [-0.4, -0.2) is 18.0 Å². The zero-order valence-electron chi connectivity index (χ0n) is 6.36. The normalized spacial score (nSPS) is 11.9. The molecule has 0 aromatic carbocycles. The molecule has 0 aliphatic carbocycles. The molecule has 0 amide bonds. The van der Waals surface area contributed by atoms with Gasteiger partial charge in [-0.3, -0.25) is 4.79 Å². The van der Waals surface area contributed by atoms with Crippen LogP contribution in [0.3, 0.4) is 0 Å². The fourth-order valence-electron chi connectivity index (χ4n) is 0.538. The molecular formula is C5H11N3O4. The Morgan fingerprint density at radius 1 is 1.25 bits per heavy atom. The second-order valence-corrected chi connectivity index (χ2v) is 2.07. The molecule has 0 spiro atoms. The lowest BCUT2D eigenvalue weighted by molar-refractivity contribution is -0.147. The summed E-state index contributed by atoms with van der Waals surface area (Å²) in [6.45, 7) is 0. The molecular weight excluding hydrogens is 166 g/mol. The van der Waals surface area contributed by atoms with E-state index in [0.29, 0.717) is 0 Å². The number of hydrogen-bond donors (Lipinski definition) is 3. The highest BCUT2D eigenvalue weighted by Crippen LogP contribution is 1.96. The molecule has 0 aromatic heterocycles. The largest absolute Gasteiger partial charge is 0.373 e. The topological polar surface area (TPSA) is 131 Å². The lowest BCUT2D eigenvalue weighted by atomic mass is 10.2. The van der Waals surface area contributed by atoms with Crippen molar-refractivity contribution in [2.24, 2.45) is 17.5 Å². The van der Waals surface area contributed by atoms with E-state index in [0.717, 1.165) is 0 Å². The molecule has 0 radical (unpaired) electrons. The molecule has 0 aromatic rings. The van der Waals surface area contributed by atoms with Gasteiger partial charge in [0.1, 0.15) is 6.04 Å². The van der Waals surface area contributed by atoms with Crippen LogP contribution >= 0.6 is 0 Å². The first-order valence-corrected chi connectivity index (χ1v) is 3.17. The fraction of sp³-hybridized carbons (Fsp3) is 0.600. The summed E-state index contributed by atoms with van der Waals surface area (Å²) in [5, 5.41) is 0. The maximum atomic E-state index is 10.6. The molecule has 7 heteroatoms. The van der Waals surface area contributed by atoms with Gasteiger partial charge in [0.2, 0.25) is 0 Å². The lowest BCUT2D eigenvalue weighted by Gasteiger charge is -2.05. The fourth-order valence-corrected chi connectivity index (χ4v) is 0.538. The molecule has 1 atom stereocenters. The Bertz CT molecular complexity index is 172. The Hall–Kier alpha value is -1.18. The van der Waals surface area contributed by atoms with Gasteiger partial charge >= 0.3 is 11.9 Å². The summed E-state index contributed by atoms with van der Waals surface area (Å²) in [5.74, 6) is 7.66. The van der Waals surface area contributed by atoms with Gasteiger partial charge in [-0.05, 0) is 6.42 Å². The summed E-state index contributed by atoms with van der Waals surface area (Å²) in [6, 6.07) is -0.922. The summed E-state index contributed by atoms with van der Waals surface area (Å²) >= 11 is 0. The Morgan fingerprint density at radius 3 is 2.25 bits per heavy atom. The van der Waals surface area contributed by atoms with Crippen molar-refractivity contribution >= 4 is 11.9 Å². The Balaban J connectivity index is 3.63. The molecule has 7 nitrogen and oxygen atoms in total. The van der Waals surface area contributed by atoms with Gasteiger partial charge in [0, 0.05) is 6.42 Å². The number of carbonyl (C=O) groups is 2. The van der Waals surface area contributed by atoms with Crippen molar-refractivity contribution in [2.75, 3.05) is 0 Å². The molecule has 0 aliphatic rings. The van der Waals surface area contributed by atoms with Crippen LogP contribution in [0.5, 0.6) is 0 Å². The second-order valence-electron chi connectivity index (χ2n) is 2.07. The average molecular weight is 177 g/mol.